The summed E-state index contributed by atoms with van der Waals surface area (Å²) in [7, 11) is 1.50. The maximum absolute atomic E-state index is 12.8. The van der Waals surface area contributed by atoms with Crippen LogP contribution in [-0.4, -0.2) is 18.9 Å². The van der Waals surface area contributed by atoms with Gasteiger partial charge < -0.3 is 24.3 Å². The van der Waals surface area contributed by atoms with E-state index in [1.54, 1.807) is 26.0 Å². The van der Waals surface area contributed by atoms with E-state index in [2.05, 4.69) is 32.9 Å². The van der Waals surface area contributed by atoms with Gasteiger partial charge in [0.15, 0.2) is 5.43 Å². The fourth-order valence-electron chi connectivity index (χ4n) is 7.58. The molecule has 1 N–H and O–H groups in total. The lowest BCUT2D eigenvalue weighted by molar-refractivity contribution is -0.101. The fourth-order valence-corrected chi connectivity index (χ4v) is 7.58. The molecule has 2 heterocycles. The third-order valence-corrected chi connectivity index (χ3v) is 8.45. The third-order valence-electron chi connectivity index (χ3n) is 8.45. The molecule has 0 bridgehead atoms. The van der Waals surface area contributed by atoms with Crippen molar-refractivity contribution in [3.05, 3.63) is 85.4 Å². The summed E-state index contributed by atoms with van der Waals surface area (Å²) < 4.78 is 17.8. The Morgan fingerprint density at radius 2 is 1.80 bits per heavy atom. The standard InChI is InChI=1S/C28H32NO6/c1-15-11-16(2)24-27(5,12-15)25(19-7-9-20(10-8-19)29(31)32)28(24)13-21(34-14-28)23-17(3)22(30)18(4)26(33-6)35-23/h7-12,21,24-25,31H,13-14H2,1-6H3/q-1/t21-,24-,25+,27+,28+/m1/s1. The summed E-state index contributed by atoms with van der Waals surface area (Å²) in [5.74, 6) is 1.14. The van der Waals surface area contributed by atoms with E-state index in [-0.39, 0.29) is 51.1 Å². The number of benzene rings is 1. The van der Waals surface area contributed by atoms with Gasteiger partial charge in [-0.15, -0.1) is 0 Å². The van der Waals surface area contributed by atoms with Gasteiger partial charge in [-0.3, -0.25) is 10.0 Å². The Bertz CT molecular complexity index is 1290. The van der Waals surface area contributed by atoms with Crippen LogP contribution in [0.15, 0.2) is 56.8 Å². The van der Waals surface area contributed by atoms with E-state index in [4.69, 9.17) is 13.9 Å². The summed E-state index contributed by atoms with van der Waals surface area (Å²) in [6.45, 7) is 10.6. The van der Waals surface area contributed by atoms with Gasteiger partial charge in [-0.05, 0) is 57.7 Å². The highest BCUT2D eigenvalue weighted by Gasteiger charge is 2.71. The Hall–Kier alpha value is -2.87. The molecule has 1 spiro atoms. The summed E-state index contributed by atoms with van der Waals surface area (Å²) in [6.07, 6.45) is 4.94. The molecule has 3 aliphatic rings. The Balaban J connectivity index is 1.59. The molecule has 1 aromatic heterocycles. The molecule has 2 fully saturated rings. The van der Waals surface area contributed by atoms with Gasteiger partial charge in [-0.25, -0.2) is 0 Å². The van der Waals surface area contributed by atoms with E-state index in [0.717, 1.165) is 5.56 Å². The van der Waals surface area contributed by atoms with Crippen molar-refractivity contribution in [3.8, 4) is 5.95 Å². The van der Waals surface area contributed by atoms with Crippen molar-refractivity contribution in [1.29, 1.82) is 0 Å². The minimum atomic E-state index is -0.363. The van der Waals surface area contributed by atoms with Crippen LogP contribution in [0.25, 0.3) is 0 Å². The number of allylic oxidation sites excluding steroid dienone is 4. The molecule has 0 radical (unpaired) electrons. The van der Waals surface area contributed by atoms with E-state index in [0.29, 0.717) is 29.9 Å². The molecule has 1 saturated carbocycles. The zero-order chi connectivity index (χ0) is 25.3. The fraction of sp³-hybridized carbons (Fsp3) is 0.464. The molecule has 5 rings (SSSR count). The number of methoxy groups -OCH3 is 1. The van der Waals surface area contributed by atoms with Crippen molar-refractivity contribution in [3.63, 3.8) is 0 Å². The predicted octanol–water partition coefficient (Wildman–Crippen LogP) is 5.73. The van der Waals surface area contributed by atoms with Crippen LogP contribution in [0.5, 0.6) is 5.95 Å². The lowest BCUT2D eigenvalue weighted by Gasteiger charge is -2.67. The van der Waals surface area contributed by atoms with Crippen LogP contribution in [0.2, 0.25) is 0 Å². The Morgan fingerprint density at radius 3 is 2.43 bits per heavy atom. The summed E-state index contributed by atoms with van der Waals surface area (Å²) in [4.78, 5) is 12.8. The molecule has 1 aliphatic heterocycles. The highest BCUT2D eigenvalue weighted by molar-refractivity contribution is 5.51. The zero-order valence-corrected chi connectivity index (χ0v) is 21.0. The van der Waals surface area contributed by atoms with Gasteiger partial charge in [0.1, 0.15) is 11.9 Å². The van der Waals surface area contributed by atoms with Gasteiger partial charge in [0.25, 0.3) is 5.95 Å². The number of hydrogen-bond donors (Lipinski definition) is 1. The molecule has 0 amide bonds. The number of anilines is 1. The lowest BCUT2D eigenvalue weighted by Crippen LogP contribution is -2.62. The number of rotatable bonds is 4. The smallest absolute Gasteiger partial charge is 0.291 e. The number of fused-ring (bicyclic) bond motifs is 2. The number of hydrogen-bond acceptors (Lipinski definition) is 7. The SMILES string of the molecule is COc1oc([C@H]2C[C@]3(CO2)[C@@H]2C(C)=CC(C)=C[C@]2(C)[C@@H]3c2ccc(N([O-])O)cc2)c(C)c(=O)c1C. The summed E-state index contributed by atoms with van der Waals surface area (Å²) in [5, 5.41) is 20.5. The second-order valence-corrected chi connectivity index (χ2v) is 10.6. The van der Waals surface area contributed by atoms with Crippen LogP contribution in [0.1, 0.15) is 61.7 Å². The van der Waals surface area contributed by atoms with E-state index in [1.807, 2.05) is 12.1 Å². The average molecular weight is 479 g/mol. The molecule has 186 valence electrons. The van der Waals surface area contributed by atoms with Crippen molar-refractivity contribution in [2.45, 2.75) is 53.1 Å². The van der Waals surface area contributed by atoms with Gasteiger partial charge in [0, 0.05) is 22.3 Å². The quantitative estimate of drug-likeness (QED) is 0.561. The van der Waals surface area contributed by atoms with Gasteiger partial charge in [-0.1, -0.05) is 42.4 Å². The maximum Gasteiger partial charge on any atom is 0.291 e. The molecule has 7 heteroatoms. The van der Waals surface area contributed by atoms with Crippen LogP contribution < -0.4 is 15.4 Å². The average Bonchev–Trinajstić information content (AvgIpc) is 3.23. The Kier molecular flexibility index (Phi) is 5.51. The predicted molar refractivity (Wildman–Crippen MR) is 133 cm³/mol. The molecule has 1 saturated heterocycles. The normalized spacial score (nSPS) is 31.5. The first kappa shape index (κ1) is 23.9. The second kappa shape index (κ2) is 8.08. The highest BCUT2D eigenvalue weighted by Crippen LogP contribution is 2.76. The van der Waals surface area contributed by atoms with Crippen molar-refractivity contribution in [1.82, 2.24) is 0 Å². The summed E-state index contributed by atoms with van der Waals surface area (Å²) in [6, 6.07) is 7.15. The monoisotopic (exact) mass is 478 g/mol. The first-order valence-corrected chi connectivity index (χ1v) is 12.0. The van der Waals surface area contributed by atoms with Crippen molar-refractivity contribution in [2.24, 2.45) is 16.7 Å². The molecule has 5 atom stereocenters. The molecule has 2 aromatic rings. The van der Waals surface area contributed by atoms with E-state index >= 15 is 0 Å². The van der Waals surface area contributed by atoms with Crippen molar-refractivity contribution < 1.29 is 19.1 Å². The van der Waals surface area contributed by atoms with Crippen LogP contribution in [0.4, 0.5) is 5.69 Å². The summed E-state index contributed by atoms with van der Waals surface area (Å²) in [5.41, 5.74) is 4.44. The first-order valence-electron chi connectivity index (χ1n) is 12.0. The topological polar surface area (TPSA) is 95.2 Å². The van der Waals surface area contributed by atoms with E-state index < -0.39 is 0 Å². The van der Waals surface area contributed by atoms with Crippen LogP contribution in [0.3, 0.4) is 0 Å². The Morgan fingerprint density at radius 1 is 1.11 bits per heavy atom. The molecule has 1 aromatic carbocycles. The minimum Gasteiger partial charge on any atom is -0.733 e. The van der Waals surface area contributed by atoms with Crippen LogP contribution in [-0.2, 0) is 4.74 Å². The highest BCUT2D eigenvalue weighted by atomic mass is 16.8. The Labute approximate surface area is 205 Å². The van der Waals surface area contributed by atoms with Crippen LogP contribution in [0, 0.1) is 35.8 Å². The molecule has 7 nitrogen and oxygen atoms in total. The largest absolute Gasteiger partial charge is 0.733 e. The number of nitrogens with zero attached hydrogens (tertiary/aromatic N) is 1. The van der Waals surface area contributed by atoms with Crippen molar-refractivity contribution in [2.75, 3.05) is 18.9 Å². The van der Waals surface area contributed by atoms with Gasteiger partial charge in [0.2, 0.25) is 0 Å². The molecule has 35 heavy (non-hydrogen) atoms. The van der Waals surface area contributed by atoms with Gasteiger partial charge in [0.05, 0.1) is 25.0 Å². The third kappa shape index (κ3) is 3.33. The minimum absolute atomic E-state index is 0.0864. The maximum atomic E-state index is 12.8. The van der Waals surface area contributed by atoms with Crippen molar-refractivity contribution >= 4 is 5.69 Å². The molecular weight excluding hydrogens is 446 g/mol. The molecular formula is C28H32NO6-. The van der Waals surface area contributed by atoms with Gasteiger partial charge >= 0.3 is 0 Å². The van der Waals surface area contributed by atoms with Gasteiger partial charge in [-0.2, -0.15) is 0 Å². The number of ether oxygens (including phenoxy) is 2. The first-order chi connectivity index (χ1) is 16.5. The lowest BCUT2D eigenvalue weighted by atomic mass is 9.35. The molecule has 2 aliphatic carbocycles. The molecule has 0 unspecified atom stereocenters. The zero-order valence-electron chi connectivity index (χ0n) is 21.0. The van der Waals surface area contributed by atoms with E-state index in [1.165, 1.54) is 18.3 Å². The second-order valence-electron chi connectivity index (χ2n) is 10.6. The summed E-state index contributed by atoms with van der Waals surface area (Å²) >= 11 is 0. The van der Waals surface area contributed by atoms with E-state index in [9.17, 15) is 15.2 Å². The van der Waals surface area contributed by atoms with Crippen LogP contribution >= 0.6 is 0 Å².